The van der Waals surface area contributed by atoms with Crippen LogP contribution in [0.5, 0.6) is 0 Å². The van der Waals surface area contributed by atoms with Crippen LogP contribution in [0.2, 0.25) is 0 Å². The zero-order valence-corrected chi connectivity index (χ0v) is 15.5. The van der Waals surface area contributed by atoms with Crippen LogP contribution in [0.4, 0.5) is 5.69 Å². The fraction of sp³-hybridized carbons (Fsp3) is 0.333. The van der Waals surface area contributed by atoms with Crippen LogP contribution >= 0.6 is 31.9 Å². The van der Waals surface area contributed by atoms with E-state index >= 15 is 0 Å². The number of halogens is 2. The number of anilines is 1. The van der Waals surface area contributed by atoms with Crippen LogP contribution in [0.25, 0.3) is 10.8 Å². The molecule has 0 N–H and O–H groups in total. The first kappa shape index (κ1) is 15.3. The molecule has 2 aromatic rings. The van der Waals surface area contributed by atoms with Gasteiger partial charge in [0.2, 0.25) is 11.8 Å². The third-order valence-electron chi connectivity index (χ3n) is 4.92. The van der Waals surface area contributed by atoms with Crippen molar-refractivity contribution in [3.63, 3.8) is 0 Å². The van der Waals surface area contributed by atoms with E-state index < -0.39 is 0 Å². The number of carbonyl (C=O) groups is 2. The summed E-state index contributed by atoms with van der Waals surface area (Å²) in [4.78, 5) is 27.7. The van der Waals surface area contributed by atoms with E-state index in [0.717, 1.165) is 10.8 Å². The standard InChI is InChI=1S/C18H15Br2NO2/c19-14-8-12-13(9-15(14)20)18(23)21(17(12)22)16-7-3-5-10-4-1-2-6-11(10)16/h1-7,12-15H,8-9H2/t12-,13-,14+,15+/m0/s1. The molecule has 118 valence electrons. The molecule has 2 aliphatic rings. The summed E-state index contributed by atoms with van der Waals surface area (Å²) in [5.41, 5.74) is 0.713. The highest BCUT2D eigenvalue weighted by Crippen LogP contribution is 2.45. The van der Waals surface area contributed by atoms with E-state index in [1.807, 2.05) is 42.5 Å². The molecule has 5 heteroatoms. The Balaban J connectivity index is 1.80. The Morgan fingerprint density at radius 1 is 0.826 bits per heavy atom. The molecule has 1 saturated heterocycles. The molecule has 3 nitrogen and oxygen atoms in total. The van der Waals surface area contributed by atoms with Gasteiger partial charge in [0.1, 0.15) is 0 Å². The van der Waals surface area contributed by atoms with Gasteiger partial charge in [0, 0.05) is 15.0 Å². The van der Waals surface area contributed by atoms with Gasteiger partial charge in [0.05, 0.1) is 17.5 Å². The van der Waals surface area contributed by atoms with Crippen LogP contribution in [-0.4, -0.2) is 21.5 Å². The van der Waals surface area contributed by atoms with Gasteiger partial charge in [-0.3, -0.25) is 9.59 Å². The van der Waals surface area contributed by atoms with Crippen molar-refractivity contribution in [2.75, 3.05) is 4.90 Å². The largest absolute Gasteiger partial charge is 0.274 e. The van der Waals surface area contributed by atoms with Gasteiger partial charge < -0.3 is 0 Å². The predicted molar refractivity (Wildman–Crippen MR) is 98.1 cm³/mol. The second-order valence-electron chi connectivity index (χ2n) is 6.23. The minimum absolute atomic E-state index is 0.0554. The lowest BCUT2D eigenvalue weighted by atomic mass is 9.81. The van der Waals surface area contributed by atoms with E-state index in [9.17, 15) is 9.59 Å². The molecule has 0 radical (unpaired) electrons. The molecule has 1 aliphatic heterocycles. The summed E-state index contributed by atoms with van der Waals surface area (Å²) < 4.78 is 0. The maximum Gasteiger partial charge on any atom is 0.237 e. The van der Waals surface area contributed by atoms with Gasteiger partial charge in [-0.2, -0.15) is 0 Å². The van der Waals surface area contributed by atoms with Crippen molar-refractivity contribution >= 4 is 60.1 Å². The van der Waals surface area contributed by atoms with Crippen molar-refractivity contribution in [1.82, 2.24) is 0 Å². The van der Waals surface area contributed by atoms with Gasteiger partial charge >= 0.3 is 0 Å². The van der Waals surface area contributed by atoms with E-state index in [2.05, 4.69) is 31.9 Å². The molecule has 1 heterocycles. The number of carbonyl (C=O) groups excluding carboxylic acids is 2. The van der Waals surface area contributed by atoms with Gasteiger partial charge in [0.25, 0.3) is 0 Å². The quantitative estimate of drug-likeness (QED) is 0.494. The zero-order chi connectivity index (χ0) is 16.1. The predicted octanol–water partition coefficient (Wildman–Crippen LogP) is 4.27. The second-order valence-corrected chi connectivity index (χ2v) is 8.58. The first-order chi connectivity index (χ1) is 11.1. The summed E-state index contributed by atoms with van der Waals surface area (Å²) in [5.74, 6) is -0.528. The van der Waals surface area contributed by atoms with E-state index in [1.54, 1.807) is 0 Å². The van der Waals surface area contributed by atoms with Crippen molar-refractivity contribution in [3.8, 4) is 0 Å². The minimum atomic E-state index is -0.209. The molecular weight excluding hydrogens is 422 g/mol. The van der Waals surface area contributed by atoms with Crippen LogP contribution in [0.1, 0.15) is 12.8 Å². The van der Waals surface area contributed by atoms with Crippen molar-refractivity contribution < 1.29 is 9.59 Å². The average molecular weight is 437 g/mol. The molecule has 4 rings (SSSR count). The normalized spacial score (nSPS) is 30.8. The highest BCUT2D eigenvalue weighted by atomic mass is 79.9. The minimum Gasteiger partial charge on any atom is -0.274 e. The number of hydrogen-bond acceptors (Lipinski definition) is 2. The summed E-state index contributed by atoms with van der Waals surface area (Å²) in [7, 11) is 0. The molecule has 0 aromatic heterocycles. The zero-order valence-electron chi connectivity index (χ0n) is 12.3. The van der Waals surface area contributed by atoms with E-state index in [1.165, 1.54) is 4.90 Å². The molecule has 1 saturated carbocycles. The number of amides is 2. The van der Waals surface area contributed by atoms with Crippen molar-refractivity contribution in [2.45, 2.75) is 22.5 Å². The maximum atomic E-state index is 12.9. The van der Waals surface area contributed by atoms with E-state index in [0.29, 0.717) is 18.5 Å². The van der Waals surface area contributed by atoms with Gasteiger partial charge in [-0.1, -0.05) is 68.3 Å². The van der Waals surface area contributed by atoms with E-state index in [4.69, 9.17) is 0 Å². The first-order valence-electron chi connectivity index (χ1n) is 7.71. The van der Waals surface area contributed by atoms with Crippen molar-refractivity contribution in [1.29, 1.82) is 0 Å². The highest BCUT2D eigenvalue weighted by molar-refractivity contribution is 9.12. The Kier molecular flexibility index (Phi) is 3.81. The Bertz CT molecular complexity index is 773. The summed E-state index contributed by atoms with van der Waals surface area (Å²) >= 11 is 7.25. The van der Waals surface area contributed by atoms with E-state index in [-0.39, 0.29) is 33.3 Å². The summed E-state index contributed by atoms with van der Waals surface area (Å²) in [5, 5.41) is 1.98. The Hall–Kier alpha value is -1.20. The Morgan fingerprint density at radius 3 is 2.04 bits per heavy atom. The number of nitrogens with zero attached hydrogens (tertiary/aromatic N) is 1. The summed E-state index contributed by atoms with van der Waals surface area (Å²) in [6.07, 6.45) is 1.40. The van der Waals surface area contributed by atoms with Crippen LogP contribution < -0.4 is 4.90 Å². The van der Waals surface area contributed by atoms with Crippen LogP contribution in [-0.2, 0) is 9.59 Å². The molecule has 4 atom stereocenters. The molecule has 1 aliphatic carbocycles. The average Bonchev–Trinajstić information content (AvgIpc) is 2.79. The number of hydrogen-bond donors (Lipinski definition) is 0. The van der Waals surface area contributed by atoms with Crippen LogP contribution in [0, 0.1) is 11.8 Å². The molecule has 2 fully saturated rings. The number of fused-ring (bicyclic) bond motifs is 2. The SMILES string of the molecule is O=C1[C@H]2C[C@@H](Br)[C@H](Br)C[C@@H]2C(=O)N1c1cccc2ccccc12. The number of alkyl halides is 2. The lowest BCUT2D eigenvalue weighted by Crippen LogP contribution is -2.34. The van der Waals surface area contributed by atoms with Crippen molar-refractivity contribution in [2.24, 2.45) is 11.8 Å². The number of imide groups is 1. The number of benzene rings is 2. The lowest BCUT2D eigenvalue weighted by molar-refractivity contribution is -0.122. The smallest absolute Gasteiger partial charge is 0.237 e. The van der Waals surface area contributed by atoms with Crippen molar-refractivity contribution in [3.05, 3.63) is 42.5 Å². The summed E-state index contributed by atoms with van der Waals surface area (Å²) in [6.45, 7) is 0. The molecule has 23 heavy (non-hydrogen) atoms. The highest BCUT2D eigenvalue weighted by Gasteiger charge is 2.52. The van der Waals surface area contributed by atoms with Gasteiger partial charge in [0.15, 0.2) is 0 Å². The third kappa shape index (κ3) is 2.36. The van der Waals surface area contributed by atoms with Gasteiger partial charge in [-0.15, -0.1) is 0 Å². The fourth-order valence-electron chi connectivity index (χ4n) is 3.74. The molecular formula is C18H15Br2NO2. The van der Waals surface area contributed by atoms with Crippen LogP contribution in [0.3, 0.4) is 0 Å². The molecule has 2 amide bonds. The van der Waals surface area contributed by atoms with Gasteiger partial charge in [-0.05, 0) is 24.3 Å². The van der Waals surface area contributed by atoms with Gasteiger partial charge in [-0.25, -0.2) is 4.90 Å². The first-order valence-corrected chi connectivity index (χ1v) is 9.55. The second kappa shape index (κ2) is 5.71. The molecule has 0 bridgehead atoms. The third-order valence-corrected chi connectivity index (χ3v) is 7.65. The monoisotopic (exact) mass is 435 g/mol. The van der Waals surface area contributed by atoms with Crippen LogP contribution in [0.15, 0.2) is 42.5 Å². The molecule has 2 aromatic carbocycles. The lowest BCUT2D eigenvalue weighted by Gasteiger charge is -2.29. The maximum absolute atomic E-state index is 12.9. The molecule has 0 spiro atoms. The topological polar surface area (TPSA) is 37.4 Å². The number of rotatable bonds is 1. The summed E-state index contributed by atoms with van der Waals surface area (Å²) in [6, 6.07) is 13.6. The molecule has 0 unspecified atom stereocenters. The Morgan fingerprint density at radius 2 is 1.39 bits per heavy atom. The Labute approximate surface area is 151 Å². The fourth-order valence-corrected chi connectivity index (χ4v) is 4.97.